The summed E-state index contributed by atoms with van der Waals surface area (Å²) in [6.07, 6.45) is 0.276. The molecular weight excluding hydrogens is 399 g/mol. The summed E-state index contributed by atoms with van der Waals surface area (Å²) < 4.78 is 42.1. The molecule has 28 heavy (non-hydrogen) atoms. The summed E-state index contributed by atoms with van der Waals surface area (Å²) in [5.41, 5.74) is 1.68. The second-order valence-corrected chi connectivity index (χ2v) is 8.62. The number of rotatable bonds is 4. The van der Waals surface area contributed by atoms with Crippen molar-refractivity contribution in [1.82, 2.24) is 4.41 Å². The maximum absolute atomic E-state index is 14.5. The number of sulfonamides is 1. The van der Waals surface area contributed by atoms with Gasteiger partial charge in [0.1, 0.15) is 5.82 Å². The van der Waals surface area contributed by atoms with E-state index in [0.29, 0.717) is 10.7 Å². The summed E-state index contributed by atoms with van der Waals surface area (Å²) in [6, 6.07) is 20.6. The molecule has 1 atom stereocenters. The molecular formula is C21H16ClFN2O2S. The highest BCUT2D eigenvalue weighted by Crippen LogP contribution is 2.38. The van der Waals surface area contributed by atoms with Crippen LogP contribution < -0.4 is 0 Å². The van der Waals surface area contributed by atoms with Crippen molar-refractivity contribution in [2.24, 2.45) is 5.10 Å². The Morgan fingerprint density at radius 1 is 0.929 bits per heavy atom. The lowest BCUT2D eigenvalue weighted by atomic mass is 9.99. The summed E-state index contributed by atoms with van der Waals surface area (Å²) >= 11 is 5.88. The van der Waals surface area contributed by atoms with E-state index >= 15 is 0 Å². The van der Waals surface area contributed by atoms with Crippen molar-refractivity contribution in [2.45, 2.75) is 17.4 Å². The molecule has 0 N–H and O–H groups in total. The lowest BCUT2D eigenvalue weighted by molar-refractivity contribution is 0.362. The fourth-order valence-electron chi connectivity index (χ4n) is 3.21. The van der Waals surface area contributed by atoms with E-state index in [1.165, 1.54) is 30.3 Å². The predicted molar refractivity (Wildman–Crippen MR) is 107 cm³/mol. The highest BCUT2D eigenvalue weighted by Gasteiger charge is 2.38. The Kier molecular flexibility index (Phi) is 4.91. The predicted octanol–water partition coefficient (Wildman–Crippen LogP) is 5.02. The molecule has 0 amide bonds. The van der Waals surface area contributed by atoms with Crippen LogP contribution in [0.4, 0.5) is 4.39 Å². The van der Waals surface area contributed by atoms with E-state index in [0.717, 1.165) is 9.98 Å². The summed E-state index contributed by atoms with van der Waals surface area (Å²) in [4.78, 5) is 0.0521. The minimum atomic E-state index is -3.99. The topological polar surface area (TPSA) is 49.7 Å². The first kappa shape index (κ1) is 18.7. The molecule has 1 unspecified atom stereocenters. The third-order valence-electron chi connectivity index (χ3n) is 4.60. The normalized spacial score (nSPS) is 16.9. The summed E-state index contributed by atoms with van der Waals surface area (Å²) in [5, 5.41) is 4.82. The molecule has 0 spiro atoms. The van der Waals surface area contributed by atoms with Gasteiger partial charge in [-0.15, -0.1) is 0 Å². The van der Waals surface area contributed by atoms with Crippen molar-refractivity contribution < 1.29 is 12.8 Å². The molecule has 0 radical (unpaired) electrons. The van der Waals surface area contributed by atoms with Gasteiger partial charge in [-0.25, -0.2) is 4.39 Å². The van der Waals surface area contributed by atoms with Gasteiger partial charge in [0.2, 0.25) is 0 Å². The molecule has 0 saturated heterocycles. The van der Waals surface area contributed by atoms with Crippen LogP contribution in [-0.4, -0.2) is 18.5 Å². The molecule has 0 fully saturated rings. The van der Waals surface area contributed by atoms with E-state index in [-0.39, 0.29) is 16.9 Å². The van der Waals surface area contributed by atoms with Gasteiger partial charge in [-0.05, 0) is 35.9 Å². The van der Waals surface area contributed by atoms with Gasteiger partial charge in [-0.2, -0.15) is 17.9 Å². The van der Waals surface area contributed by atoms with E-state index in [4.69, 9.17) is 11.6 Å². The third kappa shape index (κ3) is 3.41. The fourth-order valence-corrected chi connectivity index (χ4v) is 4.76. The van der Waals surface area contributed by atoms with Crippen LogP contribution in [0, 0.1) is 5.82 Å². The van der Waals surface area contributed by atoms with Crippen LogP contribution >= 0.6 is 11.6 Å². The second kappa shape index (κ2) is 7.37. The zero-order valence-corrected chi connectivity index (χ0v) is 16.2. The van der Waals surface area contributed by atoms with Gasteiger partial charge in [0.25, 0.3) is 10.0 Å². The van der Waals surface area contributed by atoms with E-state index in [2.05, 4.69) is 5.10 Å². The van der Waals surface area contributed by atoms with Crippen molar-refractivity contribution >= 4 is 27.3 Å². The SMILES string of the molecule is O=S(=O)(c1ccc(Cl)cc1)N1N=C(c2ccccc2)CC1c1ccccc1F. The Morgan fingerprint density at radius 3 is 2.25 bits per heavy atom. The van der Waals surface area contributed by atoms with Crippen molar-refractivity contribution in [1.29, 1.82) is 0 Å². The lowest BCUT2D eigenvalue weighted by Crippen LogP contribution is -2.27. The van der Waals surface area contributed by atoms with E-state index in [9.17, 15) is 12.8 Å². The van der Waals surface area contributed by atoms with Gasteiger partial charge >= 0.3 is 0 Å². The molecule has 7 heteroatoms. The first-order valence-corrected chi connectivity index (χ1v) is 10.5. The summed E-state index contributed by atoms with van der Waals surface area (Å²) in [5.74, 6) is -0.465. The molecule has 0 aliphatic carbocycles. The molecule has 142 valence electrons. The van der Waals surface area contributed by atoms with Gasteiger partial charge in [0.05, 0.1) is 16.6 Å². The van der Waals surface area contributed by atoms with E-state index < -0.39 is 21.9 Å². The standard InChI is InChI=1S/C21H16ClFN2O2S/c22-16-10-12-17(13-11-16)28(26,27)25-21(18-8-4-5-9-19(18)23)14-20(24-25)15-6-2-1-3-7-15/h1-13,21H,14H2. The van der Waals surface area contributed by atoms with Gasteiger partial charge in [-0.3, -0.25) is 0 Å². The third-order valence-corrected chi connectivity index (χ3v) is 6.55. The fraction of sp³-hybridized carbons (Fsp3) is 0.0952. The zero-order chi connectivity index (χ0) is 19.7. The Balaban J connectivity index is 1.82. The monoisotopic (exact) mass is 414 g/mol. The molecule has 1 aliphatic rings. The molecule has 0 bridgehead atoms. The Labute approximate surface area is 167 Å². The van der Waals surface area contributed by atoms with Crippen molar-refractivity contribution in [3.63, 3.8) is 0 Å². The van der Waals surface area contributed by atoms with Crippen molar-refractivity contribution in [2.75, 3.05) is 0 Å². The van der Waals surface area contributed by atoms with Crippen LogP contribution in [0.25, 0.3) is 0 Å². The minimum Gasteiger partial charge on any atom is -0.207 e. The smallest absolute Gasteiger partial charge is 0.207 e. The highest BCUT2D eigenvalue weighted by atomic mass is 35.5. The van der Waals surface area contributed by atoms with Crippen LogP contribution in [0.15, 0.2) is 88.9 Å². The number of hydrogen-bond donors (Lipinski definition) is 0. The summed E-state index contributed by atoms with van der Waals surface area (Å²) in [6.45, 7) is 0. The van der Waals surface area contributed by atoms with Gasteiger partial charge in [0, 0.05) is 17.0 Å². The number of hydrazone groups is 1. The van der Waals surface area contributed by atoms with E-state index in [1.807, 2.05) is 30.3 Å². The highest BCUT2D eigenvalue weighted by molar-refractivity contribution is 7.89. The molecule has 1 aliphatic heterocycles. The first-order valence-electron chi connectivity index (χ1n) is 8.64. The van der Waals surface area contributed by atoms with Crippen molar-refractivity contribution in [3.05, 3.63) is 101 Å². The first-order chi connectivity index (χ1) is 13.5. The average Bonchev–Trinajstić information content (AvgIpc) is 3.15. The summed E-state index contributed by atoms with van der Waals surface area (Å²) in [7, 11) is -3.99. The van der Waals surface area contributed by atoms with Crippen LogP contribution in [0.1, 0.15) is 23.6 Å². The van der Waals surface area contributed by atoms with Crippen LogP contribution in [-0.2, 0) is 10.0 Å². The van der Waals surface area contributed by atoms with Crippen LogP contribution in [0.3, 0.4) is 0 Å². The lowest BCUT2D eigenvalue weighted by Gasteiger charge is -2.23. The van der Waals surface area contributed by atoms with Crippen LogP contribution in [0.2, 0.25) is 5.02 Å². The van der Waals surface area contributed by atoms with E-state index in [1.54, 1.807) is 18.2 Å². The molecule has 4 nitrogen and oxygen atoms in total. The molecule has 0 aromatic heterocycles. The number of nitrogens with zero attached hydrogens (tertiary/aromatic N) is 2. The average molecular weight is 415 g/mol. The maximum atomic E-state index is 14.5. The van der Waals surface area contributed by atoms with Gasteiger partial charge in [-0.1, -0.05) is 60.1 Å². The molecule has 3 aromatic rings. The molecule has 3 aromatic carbocycles. The quantitative estimate of drug-likeness (QED) is 0.602. The number of hydrogen-bond acceptors (Lipinski definition) is 3. The molecule has 1 heterocycles. The second-order valence-electron chi connectivity index (χ2n) is 6.39. The number of halogens is 2. The Bertz CT molecular complexity index is 1130. The Hall–Kier alpha value is -2.70. The zero-order valence-electron chi connectivity index (χ0n) is 14.7. The van der Waals surface area contributed by atoms with Gasteiger partial charge < -0.3 is 0 Å². The van der Waals surface area contributed by atoms with Crippen molar-refractivity contribution in [3.8, 4) is 0 Å². The Morgan fingerprint density at radius 2 is 1.57 bits per heavy atom. The largest absolute Gasteiger partial charge is 0.279 e. The van der Waals surface area contributed by atoms with Gasteiger partial charge in [0.15, 0.2) is 0 Å². The molecule has 4 rings (SSSR count). The minimum absolute atomic E-state index is 0.0521. The molecule has 0 saturated carbocycles. The number of benzene rings is 3. The maximum Gasteiger partial charge on any atom is 0.279 e. The van der Waals surface area contributed by atoms with Crippen LogP contribution in [0.5, 0.6) is 0 Å².